The molecule has 0 bridgehead atoms. The zero-order chi connectivity index (χ0) is 13.0. The molecule has 1 aromatic rings. The predicted octanol–water partition coefficient (Wildman–Crippen LogP) is 2.23. The standard InChI is InChI=1S/C14H20BrNO2/c15-12-5-1-3-10(7-12)14(18)9-16-8-11-4-2-6-13(11)17/h1,3,5,7,11,13-14,16-18H,2,4,6,8-9H2. The lowest BCUT2D eigenvalue weighted by atomic mass is 10.1. The van der Waals surface area contributed by atoms with Gasteiger partial charge in [0.25, 0.3) is 0 Å². The third kappa shape index (κ3) is 3.79. The van der Waals surface area contributed by atoms with Crippen LogP contribution in [0.25, 0.3) is 0 Å². The van der Waals surface area contributed by atoms with Crippen molar-refractivity contribution in [3.05, 3.63) is 34.3 Å². The van der Waals surface area contributed by atoms with Crippen molar-refractivity contribution >= 4 is 15.9 Å². The van der Waals surface area contributed by atoms with E-state index in [0.717, 1.165) is 35.8 Å². The van der Waals surface area contributed by atoms with Crippen LogP contribution in [0.5, 0.6) is 0 Å². The van der Waals surface area contributed by atoms with Gasteiger partial charge >= 0.3 is 0 Å². The topological polar surface area (TPSA) is 52.5 Å². The van der Waals surface area contributed by atoms with E-state index in [1.165, 1.54) is 0 Å². The van der Waals surface area contributed by atoms with Crippen molar-refractivity contribution in [2.75, 3.05) is 13.1 Å². The van der Waals surface area contributed by atoms with Crippen molar-refractivity contribution in [3.8, 4) is 0 Å². The van der Waals surface area contributed by atoms with Gasteiger partial charge in [0.05, 0.1) is 12.2 Å². The first kappa shape index (κ1) is 14.0. The number of aliphatic hydroxyl groups excluding tert-OH is 2. The molecule has 1 aromatic carbocycles. The minimum atomic E-state index is -0.499. The minimum absolute atomic E-state index is 0.166. The molecule has 1 aliphatic carbocycles. The van der Waals surface area contributed by atoms with Crippen LogP contribution in [0.2, 0.25) is 0 Å². The van der Waals surface area contributed by atoms with Crippen LogP contribution < -0.4 is 5.32 Å². The quantitative estimate of drug-likeness (QED) is 0.781. The molecule has 3 nitrogen and oxygen atoms in total. The molecule has 0 amide bonds. The van der Waals surface area contributed by atoms with Gasteiger partial charge < -0.3 is 15.5 Å². The van der Waals surface area contributed by atoms with Crippen LogP contribution in [-0.4, -0.2) is 29.4 Å². The van der Waals surface area contributed by atoms with E-state index in [0.29, 0.717) is 12.5 Å². The zero-order valence-electron chi connectivity index (χ0n) is 10.3. The monoisotopic (exact) mass is 313 g/mol. The van der Waals surface area contributed by atoms with Crippen LogP contribution in [-0.2, 0) is 0 Å². The largest absolute Gasteiger partial charge is 0.393 e. The lowest BCUT2D eigenvalue weighted by molar-refractivity contribution is 0.124. The number of rotatable bonds is 5. The highest BCUT2D eigenvalue weighted by atomic mass is 79.9. The smallest absolute Gasteiger partial charge is 0.0914 e. The summed E-state index contributed by atoms with van der Waals surface area (Å²) in [6.07, 6.45) is 2.45. The molecule has 0 radical (unpaired) electrons. The first-order chi connectivity index (χ1) is 8.66. The average Bonchev–Trinajstić information content (AvgIpc) is 2.75. The van der Waals surface area contributed by atoms with Crippen molar-refractivity contribution in [1.82, 2.24) is 5.32 Å². The molecule has 1 saturated carbocycles. The Morgan fingerprint density at radius 1 is 1.39 bits per heavy atom. The Labute approximate surface area is 116 Å². The summed E-state index contributed by atoms with van der Waals surface area (Å²) in [4.78, 5) is 0. The lowest BCUT2D eigenvalue weighted by Gasteiger charge is -2.17. The van der Waals surface area contributed by atoms with Crippen LogP contribution in [0.3, 0.4) is 0 Å². The maximum Gasteiger partial charge on any atom is 0.0914 e. The zero-order valence-corrected chi connectivity index (χ0v) is 11.9. The Hall–Kier alpha value is -0.420. The molecule has 4 heteroatoms. The van der Waals surface area contributed by atoms with E-state index < -0.39 is 6.10 Å². The number of hydrogen-bond donors (Lipinski definition) is 3. The summed E-state index contributed by atoms with van der Waals surface area (Å²) in [5.41, 5.74) is 0.906. The second-order valence-corrected chi connectivity index (χ2v) is 5.90. The summed E-state index contributed by atoms with van der Waals surface area (Å²) < 4.78 is 0.977. The number of benzene rings is 1. The molecule has 100 valence electrons. The van der Waals surface area contributed by atoms with Gasteiger partial charge in [-0.15, -0.1) is 0 Å². The highest BCUT2D eigenvalue weighted by Gasteiger charge is 2.24. The summed E-state index contributed by atoms with van der Waals surface area (Å²) in [7, 11) is 0. The third-order valence-electron chi connectivity index (χ3n) is 3.60. The summed E-state index contributed by atoms with van der Waals surface area (Å²) in [5, 5.41) is 23.0. The maximum absolute atomic E-state index is 10.0. The molecule has 0 aromatic heterocycles. The molecule has 1 aliphatic rings. The molecule has 3 N–H and O–H groups in total. The van der Waals surface area contributed by atoms with Gasteiger partial charge in [0.2, 0.25) is 0 Å². The van der Waals surface area contributed by atoms with Crippen LogP contribution in [0.15, 0.2) is 28.7 Å². The lowest BCUT2D eigenvalue weighted by Crippen LogP contribution is -2.30. The van der Waals surface area contributed by atoms with Crippen molar-refractivity contribution in [2.24, 2.45) is 5.92 Å². The van der Waals surface area contributed by atoms with Crippen molar-refractivity contribution in [2.45, 2.75) is 31.5 Å². The molecule has 18 heavy (non-hydrogen) atoms. The molecule has 0 saturated heterocycles. The van der Waals surface area contributed by atoms with Crippen molar-refractivity contribution in [3.63, 3.8) is 0 Å². The molecular weight excluding hydrogens is 294 g/mol. The SMILES string of the molecule is OC(CNCC1CCCC1O)c1cccc(Br)c1. The van der Waals surface area contributed by atoms with Crippen LogP contribution in [0, 0.1) is 5.92 Å². The first-order valence-electron chi connectivity index (χ1n) is 6.49. The molecule has 0 aliphatic heterocycles. The van der Waals surface area contributed by atoms with Gasteiger partial charge in [-0.2, -0.15) is 0 Å². The Bertz CT molecular complexity index is 386. The fourth-order valence-electron chi connectivity index (χ4n) is 2.49. The number of hydrogen-bond acceptors (Lipinski definition) is 3. The predicted molar refractivity (Wildman–Crippen MR) is 75.3 cm³/mol. The maximum atomic E-state index is 10.0. The van der Waals surface area contributed by atoms with Gasteiger partial charge in [0.15, 0.2) is 0 Å². The molecule has 3 atom stereocenters. The minimum Gasteiger partial charge on any atom is -0.393 e. The highest BCUT2D eigenvalue weighted by molar-refractivity contribution is 9.10. The van der Waals surface area contributed by atoms with E-state index in [9.17, 15) is 10.2 Å². The van der Waals surface area contributed by atoms with Crippen molar-refractivity contribution < 1.29 is 10.2 Å². The molecular formula is C14H20BrNO2. The first-order valence-corrected chi connectivity index (χ1v) is 7.28. The second-order valence-electron chi connectivity index (χ2n) is 4.99. The summed E-state index contributed by atoms with van der Waals surface area (Å²) in [5.74, 6) is 0.347. The Balaban J connectivity index is 1.76. The molecule has 2 rings (SSSR count). The summed E-state index contributed by atoms with van der Waals surface area (Å²) >= 11 is 3.40. The Kier molecular flexibility index (Phi) is 5.18. The van der Waals surface area contributed by atoms with Gasteiger partial charge in [-0.25, -0.2) is 0 Å². The second kappa shape index (κ2) is 6.66. The number of aliphatic hydroxyl groups is 2. The van der Waals surface area contributed by atoms with Crippen LogP contribution in [0.1, 0.15) is 30.9 Å². The fourth-order valence-corrected chi connectivity index (χ4v) is 2.91. The molecule has 0 heterocycles. The van der Waals surface area contributed by atoms with E-state index in [2.05, 4.69) is 21.2 Å². The van der Waals surface area contributed by atoms with Gasteiger partial charge in [-0.1, -0.05) is 34.5 Å². The number of halogens is 1. The van der Waals surface area contributed by atoms with E-state index in [1.807, 2.05) is 24.3 Å². The third-order valence-corrected chi connectivity index (χ3v) is 4.09. The van der Waals surface area contributed by atoms with Gasteiger partial charge in [0, 0.05) is 17.6 Å². The van der Waals surface area contributed by atoms with Gasteiger partial charge in [-0.05, 0) is 36.5 Å². The highest BCUT2D eigenvalue weighted by Crippen LogP contribution is 2.25. The Morgan fingerprint density at radius 2 is 2.22 bits per heavy atom. The van der Waals surface area contributed by atoms with Crippen LogP contribution in [0.4, 0.5) is 0 Å². The van der Waals surface area contributed by atoms with Gasteiger partial charge in [0.1, 0.15) is 0 Å². The van der Waals surface area contributed by atoms with E-state index in [1.54, 1.807) is 0 Å². The van der Waals surface area contributed by atoms with E-state index >= 15 is 0 Å². The summed E-state index contributed by atoms with van der Waals surface area (Å²) in [6.45, 7) is 1.31. The normalized spacial score (nSPS) is 25.3. The Morgan fingerprint density at radius 3 is 2.89 bits per heavy atom. The van der Waals surface area contributed by atoms with Crippen LogP contribution >= 0.6 is 15.9 Å². The number of nitrogens with one attached hydrogen (secondary N) is 1. The van der Waals surface area contributed by atoms with Crippen molar-refractivity contribution in [1.29, 1.82) is 0 Å². The molecule has 3 unspecified atom stereocenters. The van der Waals surface area contributed by atoms with E-state index in [-0.39, 0.29) is 6.10 Å². The van der Waals surface area contributed by atoms with E-state index in [4.69, 9.17) is 0 Å². The molecule has 1 fully saturated rings. The fraction of sp³-hybridized carbons (Fsp3) is 0.571. The van der Waals surface area contributed by atoms with Gasteiger partial charge in [-0.3, -0.25) is 0 Å². The average molecular weight is 314 g/mol. The summed E-state index contributed by atoms with van der Waals surface area (Å²) in [6, 6.07) is 7.71. The molecule has 0 spiro atoms.